The molecule has 1 heterocycles. The van der Waals surface area contributed by atoms with Gasteiger partial charge in [-0.3, -0.25) is 20.2 Å². The monoisotopic (exact) mass is 353 g/mol. The number of nitro benzene ring substituents is 2. The van der Waals surface area contributed by atoms with Crippen LogP contribution in [0, 0.1) is 27.2 Å². The fourth-order valence-corrected chi connectivity index (χ4v) is 2.35. The normalized spacial score (nSPS) is 14.9. The molecule has 9 heteroatoms. The molecule has 2 aromatic carbocycles. The number of aryl methyl sites for hydroxylation is 1. The van der Waals surface area contributed by atoms with Crippen LogP contribution in [0.5, 0.6) is 0 Å². The summed E-state index contributed by atoms with van der Waals surface area (Å²) in [5.74, 6) is -0.910. The predicted molar refractivity (Wildman–Crippen MR) is 91.5 cm³/mol. The van der Waals surface area contributed by atoms with Crippen LogP contribution < -0.4 is 0 Å². The van der Waals surface area contributed by atoms with E-state index in [0.29, 0.717) is 5.56 Å². The fourth-order valence-electron chi connectivity index (χ4n) is 2.35. The van der Waals surface area contributed by atoms with Crippen molar-refractivity contribution in [3.8, 4) is 0 Å². The number of nitrogens with zero attached hydrogens (tertiary/aromatic N) is 3. The van der Waals surface area contributed by atoms with E-state index in [1.807, 2.05) is 0 Å². The van der Waals surface area contributed by atoms with Gasteiger partial charge in [-0.15, -0.1) is 0 Å². The van der Waals surface area contributed by atoms with E-state index in [-0.39, 0.29) is 28.5 Å². The minimum Gasteiger partial charge on any atom is -0.402 e. The second-order valence-electron chi connectivity index (χ2n) is 5.46. The molecule has 0 saturated heterocycles. The molecule has 0 aromatic heterocycles. The molecule has 0 fully saturated rings. The van der Waals surface area contributed by atoms with Crippen LogP contribution >= 0.6 is 0 Å². The lowest BCUT2D eigenvalue weighted by molar-refractivity contribution is -0.385. The Labute approximate surface area is 146 Å². The van der Waals surface area contributed by atoms with E-state index in [9.17, 15) is 25.0 Å². The van der Waals surface area contributed by atoms with Gasteiger partial charge >= 0.3 is 5.97 Å². The van der Waals surface area contributed by atoms with Crippen molar-refractivity contribution >= 4 is 29.3 Å². The molecule has 0 aliphatic carbocycles. The SMILES string of the molecule is Cc1ccc([N+](=O)[O-])c(C2=N/C(=C/c3ccc([N+](=O)[O-])cc3)C(=O)O2)c1. The Morgan fingerprint density at radius 2 is 1.73 bits per heavy atom. The topological polar surface area (TPSA) is 125 Å². The number of hydrogen-bond donors (Lipinski definition) is 0. The molecule has 0 spiro atoms. The summed E-state index contributed by atoms with van der Waals surface area (Å²) >= 11 is 0. The summed E-state index contributed by atoms with van der Waals surface area (Å²) in [5.41, 5.74) is 1.00. The minimum absolute atomic E-state index is 0.0512. The van der Waals surface area contributed by atoms with Crippen LogP contribution in [0.15, 0.2) is 53.2 Å². The van der Waals surface area contributed by atoms with Crippen molar-refractivity contribution in [2.24, 2.45) is 4.99 Å². The zero-order chi connectivity index (χ0) is 18.8. The van der Waals surface area contributed by atoms with E-state index >= 15 is 0 Å². The van der Waals surface area contributed by atoms with Crippen molar-refractivity contribution in [3.05, 3.63) is 85.1 Å². The number of rotatable bonds is 4. The van der Waals surface area contributed by atoms with Crippen LogP contribution in [0.4, 0.5) is 11.4 Å². The molecular formula is C17H11N3O6. The lowest BCUT2D eigenvalue weighted by atomic mass is 10.1. The number of carbonyl (C=O) groups is 1. The molecule has 1 aliphatic rings. The van der Waals surface area contributed by atoms with Crippen LogP contribution in [0.3, 0.4) is 0 Å². The van der Waals surface area contributed by atoms with E-state index in [1.165, 1.54) is 42.5 Å². The van der Waals surface area contributed by atoms with Gasteiger partial charge in [0.1, 0.15) is 5.56 Å². The zero-order valence-corrected chi connectivity index (χ0v) is 13.4. The Bertz CT molecular complexity index is 992. The summed E-state index contributed by atoms with van der Waals surface area (Å²) in [7, 11) is 0. The second-order valence-corrected chi connectivity index (χ2v) is 5.46. The van der Waals surface area contributed by atoms with Crippen LogP contribution in [0.1, 0.15) is 16.7 Å². The average Bonchev–Trinajstić information content (AvgIpc) is 2.95. The molecule has 0 unspecified atom stereocenters. The lowest BCUT2D eigenvalue weighted by Gasteiger charge is -2.02. The number of aliphatic imine (C=N–C) groups is 1. The lowest BCUT2D eigenvalue weighted by Crippen LogP contribution is -2.08. The van der Waals surface area contributed by atoms with Gasteiger partial charge in [-0.1, -0.05) is 6.07 Å². The highest BCUT2D eigenvalue weighted by molar-refractivity contribution is 6.14. The first kappa shape index (κ1) is 17.0. The Balaban J connectivity index is 1.98. The highest BCUT2D eigenvalue weighted by Gasteiger charge is 2.29. The largest absolute Gasteiger partial charge is 0.402 e. The van der Waals surface area contributed by atoms with Crippen LogP contribution in [-0.4, -0.2) is 21.7 Å². The highest BCUT2D eigenvalue weighted by Crippen LogP contribution is 2.26. The Morgan fingerprint density at radius 3 is 2.35 bits per heavy atom. The predicted octanol–water partition coefficient (Wildman–Crippen LogP) is 3.16. The Kier molecular flexibility index (Phi) is 4.27. The maximum absolute atomic E-state index is 12.0. The van der Waals surface area contributed by atoms with Gasteiger partial charge in [0.15, 0.2) is 5.70 Å². The zero-order valence-electron chi connectivity index (χ0n) is 13.4. The van der Waals surface area contributed by atoms with Crippen LogP contribution in [0.2, 0.25) is 0 Å². The summed E-state index contributed by atoms with van der Waals surface area (Å²) in [6, 6.07) is 9.91. The van der Waals surface area contributed by atoms with Crippen molar-refractivity contribution in [2.75, 3.05) is 0 Å². The first-order valence-electron chi connectivity index (χ1n) is 7.37. The Hall–Kier alpha value is -3.88. The summed E-state index contributed by atoms with van der Waals surface area (Å²) < 4.78 is 5.07. The third kappa shape index (κ3) is 3.31. The Morgan fingerprint density at radius 1 is 1.04 bits per heavy atom. The number of non-ortho nitro benzene ring substituents is 1. The quantitative estimate of drug-likeness (QED) is 0.360. The molecular weight excluding hydrogens is 342 g/mol. The summed E-state index contributed by atoms with van der Waals surface area (Å²) in [6.45, 7) is 1.75. The number of hydrogen-bond acceptors (Lipinski definition) is 7. The van der Waals surface area contributed by atoms with E-state index in [0.717, 1.165) is 5.56 Å². The van der Waals surface area contributed by atoms with Crippen LogP contribution in [-0.2, 0) is 9.53 Å². The van der Waals surface area contributed by atoms with Crippen LogP contribution in [0.25, 0.3) is 6.08 Å². The maximum atomic E-state index is 12.0. The molecule has 130 valence electrons. The van der Waals surface area contributed by atoms with Crippen molar-refractivity contribution in [1.29, 1.82) is 0 Å². The number of esters is 1. The molecule has 0 saturated carbocycles. The first-order chi connectivity index (χ1) is 12.3. The smallest absolute Gasteiger partial charge is 0.363 e. The standard InChI is InChI=1S/C17H11N3O6/c1-10-2-7-15(20(24)25)13(8-10)16-18-14(17(21)26-16)9-11-3-5-12(6-4-11)19(22)23/h2-9H,1H3/b14-9+. The average molecular weight is 353 g/mol. The molecule has 26 heavy (non-hydrogen) atoms. The van der Waals surface area contributed by atoms with E-state index in [4.69, 9.17) is 4.74 Å². The number of cyclic esters (lactones) is 1. The van der Waals surface area contributed by atoms with Gasteiger partial charge in [0.2, 0.25) is 5.90 Å². The molecule has 3 rings (SSSR count). The third-order valence-corrected chi connectivity index (χ3v) is 3.61. The fraction of sp³-hybridized carbons (Fsp3) is 0.0588. The van der Waals surface area contributed by atoms with E-state index < -0.39 is 15.8 Å². The molecule has 0 radical (unpaired) electrons. The maximum Gasteiger partial charge on any atom is 0.363 e. The second kappa shape index (κ2) is 6.55. The first-order valence-corrected chi connectivity index (χ1v) is 7.37. The summed E-state index contributed by atoms with van der Waals surface area (Å²) in [4.78, 5) is 36.8. The van der Waals surface area contributed by atoms with Gasteiger partial charge in [-0.2, -0.15) is 0 Å². The van der Waals surface area contributed by atoms with Crippen molar-refractivity contribution in [3.63, 3.8) is 0 Å². The summed E-state index contributed by atoms with van der Waals surface area (Å²) in [5, 5.41) is 21.8. The minimum atomic E-state index is -0.755. The number of carbonyl (C=O) groups excluding carboxylic acids is 1. The highest BCUT2D eigenvalue weighted by atomic mass is 16.6. The van der Waals surface area contributed by atoms with Crippen molar-refractivity contribution in [1.82, 2.24) is 0 Å². The molecule has 0 atom stereocenters. The molecule has 1 aliphatic heterocycles. The van der Waals surface area contributed by atoms with E-state index in [2.05, 4.69) is 4.99 Å². The van der Waals surface area contributed by atoms with Crippen molar-refractivity contribution < 1.29 is 19.4 Å². The van der Waals surface area contributed by atoms with Gasteiger partial charge in [0, 0.05) is 18.2 Å². The van der Waals surface area contributed by atoms with Gasteiger partial charge in [0.05, 0.1) is 9.85 Å². The molecule has 0 N–H and O–H groups in total. The van der Waals surface area contributed by atoms with Gasteiger partial charge in [-0.05, 0) is 42.3 Å². The molecule has 0 amide bonds. The molecule has 2 aromatic rings. The van der Waals surface area contributed by atoms with Crippen molar-refractivity contribution in [2.45, 2.75) is 6.92 Å². The van der Waals surface area contributed by atoms with Gasteiger partial charge in [0.25, 0.3) is 11.4 Å². The third-order valence-electron chi connectivity index (χ3n) is 3.61. The van der Waals surface area contributed by atoms with Gasteiger partial charge in [-0.25, -0.2) is 9.79 Å². The number of nitro groups is 2. The van der Waals surface area contributed by atoms with E-state index in [1.54, 1.807) is 13.0 Å². The molecule has 9 nitrogen and oxygen atoms in total. The van der Waals surface area contributed by atoms with Gasteiger partial charge < -0.3 is 4.74 Å². The number of ether oxygens (including phenoxy) is 1. The number of benzene rings is 2. The molecule has 0 bridgehead atoms. The summed E-state index contributed by atoms with van der Waals surface area (Å²) in [6.07, 6.45) is 1.39.